The Kier molecular flexibility index (Phi) is 3.64. The van der Waals surface area contributed by atoms with Crippen molar-refractivity contribution in [3.05, 3.63) is 35.4 Å². The van der Waals surface area contributed by atoms with Crippen molar-refractivity contribution >= 4 is 22.8 Å². The number of benzene rings is 1. The highest BCUT2D eigenvalue weighted by atomic mass is 16.5. The van der Waals surface area contributed by atoms with Crippen molar-refractivity contribution in [3.63, 3.8) is 0 Å². The molecule has 0 bridgehead atoms. The molecule has 0 amide bonds. The van der Waals surface area contributed by atoms with Crippen molar-refractivity contribution in [3.8, 4) is 17.3 Å². The van der Waals surface area contributed by atoms with E-state index in [1.54, 1.807) is 10.7 Å². The number of aryl methyl sites for hydroxylation is 1. The van der Waals surface area contributed by atoms with E-state index in [-0.39, 0.29) is 5.95 Å². The van der Waals surface area contributed by atoms with Gasteiger partial charge in [-0.2, -0.15) is 4.98 Å². The van der Waals surface area contributed by atoms with Gasteiger partial charge in [0.2, 0.25) is 11.8 Å². The standard InChI is InChI=1S/C16H17N9O/c1-8-5-9(3-4-10(8)17)7-25-15-14(23-24-25)13(19-16(18)20-15)11-6-12(26-2)22-21-11/h3-6H,7,17H2,1-2H3,(H,21,22)(H2,18,19,20). The number of fused-ring (bicyclic) bond motifs is 1. The molecule has 5 N–H and O–H groups in total. The van der Waals surface area contributed by atoms with Gasteiger partial charge >= 0.3 is 0 Å². The number of anilines is 2. The van der Waals surface area contributed by atoms with Gasteiger partial charge in [-0.1, -0.05) is 17.3 Å². The van der Waals surface area contributed by atoms with E-state index >= 15 is 0 Å². The maximum absolute atomic E-state index is 5.89. The Balaban J connectivity index is 1.79. The fourth-order valence-electron chi connectivity index (χ4n) is 2.71. The first kappa shape index (κ1) is 15.8. The van der Waals surface area contributed by atoms with Crippen molar-refractivity contribution in [2.75, 3.05) is 18.6 Å². The number of hydrogen-bond acceptors (Lipinski definition) is 8. The van der Waals surface area contributed by atoms with E-state index in [9.17, 15) is 0 Å². The molecule has 0 saturated carbocycles. The van der Waals surface area contributed by atoms with Crippen LogP contribution in [0.4, 0.5) is 11.6 Å². The minimum absolute atomic E-state index is 0.123. The Morgan fingerprint density at radius 1 is 1.19 bits per heavy atom. The van der Waals surface area contributed by atoms with E-state index in [4.69, 9.17) is 16.2 Å². The molecule has 0 unspecified atom stereocenters. The molecule has 0 fully saturated rings. The fraction of sp³-hybridized carbons (Fsp3) is 0.188. The number of nitrogens with zero attached hydrogens (tertiary/aromatic N) is 6. The molecule has 132 valence electrons. The Morgan fingerprint density at radius 3 is 2.77 bits per heavy atom. The van der Waals surface area contributed by atoms with Gasteiger partial charge in [0, 0.05) is 11.8 Å². The quantitative estimate of drug-likeness (QED) is 0.464. The molecule has 0 aliphatic heterocycles. The monoisotopic (exact) mass is 351 g/mol. The molecule has 10 nitrogen and oxygen atoms in total. The predicted octanol–water partition coefficient (Wildman–Crippen LogP) is 1.14. The topological polar surface area (TPSA) is 146 Å². The maximum Gasteiger partial charge on any atom is 0.232 e. The largest absolute Gasteiger partial charge is 0.480 e. The minimum Gasteiger partial charge on any atom is -0.480 e. The Bertz CT molecular complexity index is 1100. The van der Waals surface area contributed by atoms with Crippen molar-refractivity contribution < 1.29 is 4.74 Å². The van der Waals surface area contributed by atoms with E-state index in [1.165, 1.54) is 7.11 Å². The third-order valence-electron chi connectivity index (χ3n) is 4.07. The summed E-state index contributed by atoms with van der Waals surface area (Å²) in [5, 5.41) is 15.3. The highest BCUT2D eigenvalue weighted by Gasteiger charge is 2.17. The van der Waals surface area contributed by atoms with Crippen LogP contribution in [0.1, 0.15) is 11.1 Å². The number of rotatable bonds is 4. The zero-order valence-electron chi connectivity index (χ0n) is 14.3. The first-order valence-corrected chi connectivity index (χ1v) is 7.86. The Morgan fingerprint density at radius 2 is 2.04 bits per heavy atom. The summed E-state index contributed by atoms with van der Waals surface area (Å²) >= 11 is 0. The van der Waals surface area contributed by atoms with E-state index in [1.807, 2.05) is 25.1 Å². The van der Waals surface area contributed by atoms with Gasteiger partial charge in [0.25, 0.3) is 0 Å². The summed E-state index contributed by atoms with van der Waals surface area (Å²) < 4.78 is 6.77. The number of H-pyrrole nitrogens is 1. The smallest absolute Gasteiger partial charge is 0.232 e. The molecule has 26 heavy (non-hydrogen) atoms. The van der Waals surface area contributed by atoms with Gasteiger partial charge in [-0.25, -0.2) is 9.67 Å². The van der Waals surface area contributed by atoms with Crippen LogP contribution in [0, 0.1) is 6.92 Å². The lowest BCUT2D eigenvalue weighted by Crippen LogP contribution is -2.05. The number of aromatic amines is 1. The van der Waals surface area contributed by atoms with Gasteiger partial charge in [-0.05, 0) is 24.1 Å². The van der Waals surface area contributed by atoms with Crippen LogP contribution in [0.3, 0.4) is 0 Å². The normalized spacial score (nSPS) is 11.2. The summed E-state index contributed by atoms with van der Waals surface area (Å²) in [5.41, 5.74) is 16.8. The molecule has 0 atom stereocenters. The van der Waals surface area contributed by atoms with E-state index in [2.05, 4.69) is 30.5 Å². The molecule has 0 radical (unpaired) electrons. The second-order valence-corrected chi connectivity index (χ2v) is 5.86. The van der Waals surface area contributed by atoms with E-state index in [0.717, 1.165) is 16.8 Å². The second-order valence-electron chi connectivity index (χ2n) is 5.86. The van der Waals surface area contributed by atoms with Gasteiger partial charge < -0.3 is 16.2 Å². The van der Waals surface area contributed by atoms with Crippen LogP contribution in [-0.4, -0.2) is 42.3 Å². The molecule has 1 aromatic carbocycles. The molecule has 3 aromatic heterocycles. The molecule has 4 aromatic rings. The zero-order valence-corrected chi connectivity index (χ0v) is 14.3. The number of nitrogens with two attached hydrogens (primary N) is 2. The van der Waals surface area contributed by atoms with Gasteiger partial charge in [-0.15, -0.1) is 10.2 Å². The number of nitrogens with one attached hydrogen (secondary N) is 1. The molecule has 0 spiro atoms. The number of methoxy groups -OCH3 is 1. The van der Waals surface area contributed by atoms with Crippen LogP contribution < -0.4 is 16.2 Å². The average Bonchev–Trinajstić information content (AvgIpc) is 3.25. The molecular weight excluding hydrogens is 334 g/mol. The summed E-state index contributed by atoms with van der Waals surface area (Å²) in [6, 6.07) is 7.54. The molecule has 10 heteroatoms. The van der Waals surface area contributed by atoms with Crippen molar-refractivity contribution in [1.82, 2.24) is 35.2 Å². The zero-order chi connectivity index (χ0) is 18.3. The molecule has 3 heterocycles. The molecular formula is C16H17N9O. The summed E-state index contributed by atoms with van der Waals surface area (Å²) in [7, 11) is 1.54. The van der Waals surface area contributed by atoms with Crippen LogP contribution in [0.2, 0.25) is 0 Å². The van der Waals surface area contributed by atoms with Crippen LogP contribution in [0.5, 0.6) is 5.88 Å². The Hall–Kier alpha value is -3.69. The molecule has 4 rings (SSSR count). The van der Waals surface area contributed by atoms with Crippen molar-refractivity contribution in [1.29, 1.82) is 0 Å². The van der Waals surface area contributed by atoms with Crippen LogP contribution in [0.15, 0.2) is 24.3 Å². The summed E-state index contributed by atoms with van der Waals surface area (Å²) in [6.45, 7) is 2.45. The first-order valence-electron chi connectivity index (χ1n) is 7.86. The van der Waals surface area contributed by atoms with Gasteiger partial charge in [-0.3, -0.25) is 5.10 Å². The highest BCUT2D eigenvalue weighted by Crippen LogP contribution is 2.26. The van der Waals surface area contributed by atoms with Crippen LogP contribution in [0.25, 0.3) is 22.6 Å². The van der Waals surface area contributed by atoms with Crippen molar-refractivity contribution in [2.45, 2.75) is 13.5 Å². The number of ether oxygens (including phenoxy) is 1. The lowest BCUT2D eigenvalue weighted by atomic mass is 10.1. The SMILES string of the molecule is COc1cc(-c2nc(N)nc3c2nnn3Cc2ccc(N)c(C)c2)[nH]n1. The van der Waals surface area contributed by atoms with Crippen LogP contribution >= 0.6 is 0 Å². The van der Waals surface area contributed by atoms with Gasteiger partial charge in [0.1, 0.15) is 5.69 Å². The van der Waals surface area contributed by atoms with E-state index < -0.39 is 0 Å². The lowest BCUT2D eigenvalue weighted by molar-refractivity contribution is 0.397. The number of hydrogen-bond donors (Lipinski definition) is 3. The Labute approximate surface area is 148 Å². The summed E-state index contributed by atoms with van der Waals surface area (Å²) in [5.74, 6) is 0.563. The van der Waals surface area contributed by atoms with Gasteiger partial charge in [0.15, 0.2) is 11.2 Å². The summed E-state index contributed by atoms with van der Waals surface area (Å²) in [6.07, 6.45) is 0. The average molecular weight is 351 g/mol. The maximum atomic E-state index is 5.89. The number of aromatic nitrogens is 7. The second kappa shape index (κ2) is 5.99. The van der Waals surface area contributed by atoms with E-state index in [0.29, 0.717) is 35.0 Å². The van der Waals surface area contributed by atoms with Gasteiger partial charge in [0.05, 0.1) is 19.3 Å². The minimum atomic E-state index is 0.123. The lowest BCUT2D eigenvalue weighted by Gasteiger charge is -2.06. The third-order valence-corrected chi connectivity index (χ3v) is 4.07. The highest BCUT2D eigenvalue weighted by molar-refractivity contribution is 5.86. The predicted molar refractivity (Wildman–Crippen MR) is 96.4 cm³/mol. The first-order chi connectivity index (χ1) is 12.5. The molecule has 0 aliphatic rings. The third kappa shape index (κ3) is 2.66. The fourth-order valence-corrected chi connectivity index (χ4v) is 2.71. The molecule has 0 saturated heterocycles. The number of nitrogen functional groups attached to an aromatic ring is 2. The summed E-state index contributed by atoms with van der Waals surface area (Å²) in [4.78, 5) is 8.57. The molecule has 0 aliphatic carbocycles. The van der Waals surface area contributed by atoms with Crippen LogP contribution in [-0.2, 0) is 6.54 Å². The van der Waals surface area contributed by atoms with Crippen molar-refractivity contribution in [2.24, 2.45) is 0 Å².